The standard InChI is InChI=1S/C36H43N3O4/c1-35(2,3)21-32-38-39-34(43-32)37-30-17-15-27(16-18-30)26-11-13-28(14-12-26)31-24-42-36(19-7-10-29(31)20-36)22-33(40)41-23-25-8-5-4-6-9-25/h4-6,8-9,11-18,29,31,33,40H,7,10,19-24H2,1-3H3,(H,37,39). The predicted molar refractivity (Wildman–Crippen MR) is 168 cm³/mol. The Bertz CT molecular complexity index is 1460. The molecule has 7 heteroatoms. The molecule has 3 aromatic carbocycles. The van der Waals surface area contributed by atoms with Crippen molar-refractivity contribution in [1.82, 2.24) is 10.2 Å². The van der Waals surface area contributed by atoms with Crippen LogP contribution in [0.4, 0.5) is 11.7 Å². The van der Waals surface area contributed by atoms with Gasteiger partial charge < -0.3 is 24.3 Å². The Morgan fingerprint density at radius 1 is 0.977 bits per heavy atom. The SMILES string of the molecule is CC(C)(C)Cc1nnc(Nc2ccc(-c3ccc(C4COC5(CC(O)OCc6ccccc6)CCCC4C5)cc3)cc2)o1. The van der Waals surface area contributed by atoms with E-state index in [-0.39, 0.29) is 11.0 Å². The minimum absolute atomic E-state index is 0.0910. The number of benzene rings is 3. The van der Waals surface area contributed by atoms with Crippen molar-refractivity contribution >= 4 is 11.7 Å². The molecule has 1 saturated carbocycles. The lowest BCUT2D eigenvalue weighted by atomic mass is 9.67. The van der Waals surface area contributed by atoms with E-state index in [1.54, 1.807) is 0 Å². The Kier molecular flexibility index (Phi) is 8.66. The molecule has 2 heterocycles. The third-order valence-electron chi connectivity index (χ3n) is 8.77. The maximum absolute atomic E-state index is 10.7. The number of aromatic nitrogens is 2. The highest BCUT2D eigenvalue weighted by atomic mass is 16.6. The summed E-state index contributed by atoms with van der Waals surface area (Å²) >= 11 is 0. The van der Waals surface area contributed by atoms with E-state index < -0.39 is 6.29 Å². The molecule has 43 heavy (non-hydrogen) atoms. The first-order chi connectivity index (χ1) is 20.7. The lowest BCUT2D eigenvalue weighted by Gasteiger charge is -2.49. The van der Waals surface area contributed by atoms with E-state index in [1.165, 1.54) is 17.5 Å². The fourth-order valence-electron chi connectivity index (χ4n) is 6.62. The van der Waals surface area contributed by atoms with Crippen LogP contribution in [0.5, 0.6) is 0 Å². The van der Waals surface area contributed by atoms with E-state index >= 15 is 0 Å². The molecule has 1 aliphatic heterocycles. The first-order valence-electron chi connectivity index (χ1n) is 15.5. The first-order valence-corrected chi connectivity index (χ1v) is 15.5. The molecule has 6 rings (SSSR count). The second-order valence-electron chi connectivity index (χ2n) is 13.5. The number of fused-ring (bicyclic) bond motifs is 2. The van der Waals surface area contributed by atoms with Crippen molar-refractivity contribution in [2.24, 2.45) is 11.3 Å². The van der Waals surface area contributed by atoms with Gasteiger partial charge in [0.25, 0.3) is 0 Å². The molecule has 1 aliphatic carbocycles. The number of hydrogen-bond acceptors (Lipinski definition) is 7. The molecule has 1 aromatic heterocycles. The van der Waals surface area contributed by atoms with Gasteiger partial charge in [0.15, 0.2) is 6.29 Å². The van der Waals surface area contributed by atoms with Gasteiger partial charge in [-0.1, -0.05) is 99.0 Å². The van der Waals surface area contributed by atoms with Crippen LogP contribution in [0.3, 0.4) is 0 Å². The topological polar surface area (TPSA) is 89.6 Å². The second kappa shape index (κ2) is 12.6. The summed E-state index contributed by atoms with van der Waals surface area (Å²) in [6.45, 7) is 7.54. The van der Waals surface area contributed by atoms with Crippen molar-refractivity contribution in [3.8, 4) is 11.1 Å². The van der Waals surface area contributed by atoms with Gasteiger partial charge in [0.2, 0.25) is 5.89 Å². The van der Waals surface area contributed by atoms with Gasteiger partial charge >= 0.3 is 6.01 Å². The molecule has 2 fully saturated rings. The number of hydrogen-bond donors (Lipinski definition) is 2. The van der Waals surface area contributed by atoms with Crippen LogP contribution < -0.4 is 5.32 Å². The molecule has 4 unspecified atom stereocenters. The van der Waals surface area contributed by atoms with E-state index in [2.05, 4.69) is 72.7 Å². The zero-order chi connectivity index (χ0) is 29.9. The summed E-state index contributed by atoms with van der Waals surface area (Å²) in [4.78, 5) is 0. The summed E-state index contributed by atoms with van der Waals surface area (Å²) in [6.07, 6.45) is 4.70. The molecule has 4 atom stereocenters. The minimum Gasteiger partial charge on any atom is -0.408 e. The maximum atomic E-state index is 10.7. The number of aliphatic hydroxyl groups is 1. The van der Waals surface area contributed by atoms with Crippen molar-refractivity contribution in [3.63, 3.8) is 0 Å². The number of anilines is 2. The van der Waals surface area contributed by atoms with Crippen LogP contribution in [0.2, 0.25) is 0 Å². The normalized spacial score (nSPS) is 22.7. The summed E-state index contributed by atoms with van der Waals surface area (Å²) in [7, 11) is 0. The Morgan fingerprint density at radius 2 is 1.70 bits per heavy atom. The fourth-order valence-corrected chi connectivity index (χ4v) is 6.62. The number of nitrogens with zero attached hydrogens (tertiary/aromatic N) is 2. The minimum atomic E-state index is -0.825. The highest BCUT2D eigenvalue weighted by molar-refractivity contribution is 5.67. The number of aliphatic hydroxyl groups excluding tert-OH is 1. The number of ether oxygens (including phenoxy) is 2. The van der Waals surface area contributed by atoms with Gasteiger partial charge in [-0.3, -0.25) is 0 Å². The van der Waals surface area contributed by atoms with E-state index in [1.807, 2.05) is 42.5 Å². The molecule has 1 saturated heterocycles. The maximum Gasteiger partial charge on any atom is 0.320 e. The Labute approximate surface area is 254 Å². The largest absolute Gasteiger partial charge is 0.408 e. The summed E-state index contributed by atoms with van der Waals surface area (Å²) in [5, 5.41) is 22.2. The van der Waals surface area contributed by atoms with Gasteiger partial charge in [-0.05, 0) is 65.0 Å². The van der Waals surface area contributed by atoms with Gasteiger partial charge in [-0.15, -0.1) is 5.10 Å². The smallest absolute Gasteiger partial charge is 0.320 e. The van der Waals surface area contributed by atoms with Gasteiger partial charge in [0.1, 0.15) is 0 Å². The Morgan fingerprint density at radius 3 is 2.42 bits per heavy atom. The molecule has 2 N–H and O–H groups in total. The molecule has 0 radical (unpaired) electrons. The summed E-state index contributed by atoms with van der Waals surface area (Å²) < 4.78 is 18.1. The summed E-state index contributed by atoms with van der Waals surface area (Å²) in [5.41, 5.74) is 5.42. The van der Waals surface area contributed by atoms with Crippen LogP contribution in [0.15, 0.2) is 83.3 Å². The molecular weight excluding hydrogens is 538 g/mol. The predicted octanol–water partition coefficient (Wildman–Crippen LogP) is 8.04. The van der Waals surface area contributed by atoms with Gasteiger partial charge in [0.05, 0.1) is 18.8 Å². The third kappa shape index (κ3) is 7.53. The van der Waals surface area contributed by atoms with Crippen LogP contribution in [0, 0.1) is 11.3 Å². The molecule has 0 amide bonds. The van der Waals surface area contributed by atoms with Crippen LogP contribution in [0.25, 0.3) is 11.1 Å². The zero-order valence-electron chi connectivity index (χ0n) is 25.5. The second-order valence-corrected chi connectivity index (χ2v) is 13.5. The molecule has 2 aliphatic rings. The molecule has 4 aromatic rings. The molecule has 0 spiro atoms. The Hall–Kier alpha value is -3.52. The third-order valence-corrected chi connectivity index (χ3v) is 8.77. The first kappa shape index (κ1) is 29.5. The van der Waals surface area contributed by atoms with Crippen LogP contribution >= 0.6 is 0 Å². The summed E-state index contributed by atoms with van der Waals surface area (Å²) in [5.74, 6) is 1.56. The van der Waals surface area contributed by atoms with Gasteiger partial charge in [0, 0.05) is 24.4 Å². The van der Waals surface area contributed by atoms with Crippen molar-refractivity contribution in [2.45, 2.75) is 83.7 Å². The Balaban J connectivity index is 1.04. The monoisotopic (exact) mass is 581 g/mol. The lowest BCUT2D eigenvalue weighted by molar-refractivity contribution is -0.195. The molecule has 2 bridgehead atoms. The van der Waals surface area contributed by atoms with Crippen LogP contribution in [-0.2, 0) is 22.5 Å². The van der Waals surface area contributed by atoms with E-state index in [9.17, 15) is 5.11 Å². The number of rotatable bonds is 10. The van der Waals surface area contributed by atoms with E-state index in [0.717, 1.165) is 42.5 Å². The van der Waals surface area contributed by atoms with Crippen molar-refractivity contribution in [3.05, 3.63) is 95.9 Å². The molecule has 226 valence electrons. The van der Waals surface area contributed by atoms with Crippen molar-refractivity contribution in [2.75, 3.05) is 11.9 Å². The number of nitrogens with one attached hydrogen (secondary N) is 1. The zero-order valence-corrected chi connectivity index (χ0v) is 25.5. The van der Waals surface area contributed by atoms with Gasteiger partial charge in [-0.2, -0.15) is 0 Å². The van der Waals surface area contributed by atoms with Crippen LogP contribution in [0.1, 0.15) is 75.8 Å². The quantitative estimate of drug-likeness (QED) is 0.183. The van der Waals surface area contributed by atoms with Crippen molar-refractivity contribution in [1.29, 1.82) is 0 Å². The van der Waals surface area contributed by atoms with Gasteiger partial charge in [-0.25, -0.2) is 0 Å². The molecule has 7 nitrogen and oxygen atoms in total. The fraction of sp³-hybridized carbons (Fsp3) is 0.444. The average Bonchev–Trinajstić information content (AvgIpc) is 3.42. The average molecular weight is 582 g/mol. The highest BCUT2D eigenvalue weighted by Crippen LogP contribution is 2.49. The lowest BCUT2D eigenvalue weighted by Crippen LogP contribution is -2.48. The van der Waals surface area contributed by atoms with E-state index in [0.29, 0.717) is 43.4 Å². The van der Waals surface area contributed by atoms with Crippen LogP contribution in [-0.4, -0.2) is 33.8 Å². The highest BCUT2D eigenvalue weighted by Gasteiger charge is 2.46. The summed E-state index contributed by atoms with van der Waals surface area (Å²) in [6, 6.07) is 27.6. The van der Waals surface area contributed by atoms with E-state index in [4.69, 9.17) is 13.9 Å². The molecular formula is C36H43N3O4. The van der Waals surface area contributed by atoms with Crippen molar-refractivity contribution < 1.29 is 19.0 Å².